The fourth-order valence-corrected chi connectivity index (χ4v) is 3.49. The Morgan fingerprint density at radius 2 is 1.68 bits per heavy atom. The number of carbonyl (C=O) groups excluding carboxylic acids is 1. The van der Waals surface area contributed by atoms with Gasteiger partial charge in [-0.2, -0.15) is 5.26 Å². The van der Waals surface area contributed by atoms with Crippen molar-refractivity contribution < 1.29 is 13.2 Å². The van der Waals surface area contributed by atoms with Gasteiger partial charge in [-0.15, -0.1) is 0 Å². The summed E-state index contributed by atoms with van der Waals surface area (Å²) >= 11 is 0. The molecule has 0 heterocycles. The zero-order chi connectivity index (χ0) is 18.6. The molecule has 2 rings (SSSR count). The van der Waals surface area contributed by atoms with E-state index in [0.29, 0.717) is 16.9 Å². The van der Waals surface area contributed by atoms with Crippen molar-refractivity contribution in [1.82, 2.24) is 0 Å². The van der Waals surface area contributed by atoms with E-state index in [4.69, 9.17) is 5.26 Å². The van der Waals surface area contributed by atoms with Crippen LogP contribution in [-0.4, -0.2) is 27.1 Å². The van der Waals surface area contributed by atoms with Gasteiger partial charge in [0.25, 0.3) is 0 Å². The fraction of sp³-hybridized carbons (Fsp3) is 0.222. The average Bonchev–Trinajstić information content (AvgIpc) is 2.53. The van der Waals surface area contributed by atoms with E-state index in [0.717, 1.165) is 21.7 Å². The lowest BCUT2D eigenvalue weighted by Crippen LogP contribution is -2.38. The Hall–Kier alpha value is -2.85. The number of carbonyl (C=O) groups is 1. The zero-order valence-electron chi connectivity index (χ0n) is 14.3. The number of para-hydroxylation sites is 1. The van der Waals surface area contributed by atoms with Crippen LogP contribution in [0.2, 0.25) is 0 Å². The number of hydrogen-bond acceptors (Lipinski definition) is 4. The van der Waals surface area contributed by atoms with E-state index in [-0.39, 0.29) is 6.54 Å². The largest absolute Gasteiger partial charge is 0.325 e. The van der Waals surface area contributed by atoms with E-state index in [2.05, 4.69) is 5.32 Å². The summed E-state index contributed by atoms with van der Waals surface area (Å²) < 4.78 is 25.5. The normalized spacial score (nSPS) is 10.8. The first-order valence-electron chi connectivity index (χ1n) is 7.56. The van der Waals surface area contributed by atoms with Crippen LogP contribution in [0.4, 0.5) is 11.4 Å². The molecule has 2 aromatic rings. The number of nitriles is 1. The highest BCUT2D eigenvalue weighted by Crippen LogP contribution is 2.26. The number of benzene rings is 2. The molecule has 0 bridgehead atoms. The molecule has 25 heavy (non-hydrogen) atoms. The SMILES string of the molecule is Cc1cccc(C)c1N(CC(=O)Nc1ccc(C#N)cc1)S(C)(=O)=O. The fourth-order valence-electron chi connectivity index (χ4n) is 2.52. The van der Waals surface area contributed by atoms with Gasteiger partial charge in [-0.25, -0.2) is 8.42 Å². The van der Waals surface area contributed by atoms with E-state index < -0.39 is 15.9 Å². The minimum absolute atomic E-state index is 0.329. The van der Waals surface area contributed by atoms with Crippen LogP contribution in [0.15, 0.2) is 42.5 Å². The molecule has 130 valence electrons. The van der Waals surface area contributed by atoms with E-state index >= 15 is 0 Å². The van der Waals surface area contributed by atoms with Gasteiger partial charge in [0.15, 0.2) is 0 Å². The average molecular weight is 357 g/mol. The topological polar surface area (TPSA) is 90.3 Å². The quantitative estimate of drug-likeness (QED) is 0.890. The number of aryl methyl sites for hydroxylation is 2. The third-order valence-corrected chi connectivity index (χ3v) is 4.79. The molecule has 0 unspecified atom stereocenters. The number of nitrogens with one attached hydrogen (secondary N) is 1. The number of nitrogens with zero attached hydrogens (tertiary/aromatic N) is 2. The second-order valence-electron chi connectivity index (χ2n) is 5.75. The molecule has 0 aliphatic heterocycles. The summed E-state index contributed by atoms with van der Waals surface area (Å²) in [4.78, 5) is 12.3. The van der Waals surface area contributed by atoms with Gasteiger partial charge >= 0.3 is 0 Å². The summed E-state index contributed by atoms with van der Waals surface area (Å²) in [5.74, 6) is -0.460. The smallest absolute Gasteiger partial charge is 0.245 e. The molecule has 0 saturated carbocycles. The van der Waals surface area contributed by atoms with Crippen LogP contribution in [0, 0.1) is 25.2 Å². The standard InChI is InChI=1S/C18H19N3O3S/c1-13-5-4-6-14(2)18(13)21(25(3,23)24)12-17(22)20-16-9-7-15(11-19)8-10-16/h4-10H,12H2,1-3H3,(H,20,22). The number of sulfonamides is 1. The predicted molar refractivity (Wildman–Crippen MR) is 97.9 cm³/mol. The molecule has 1 amide bonds. The Morgan fingerprint density at radius 1 is 1.12 bits per heavy atom. The highest BCUT2D eigenvalue weighted by Gasteiger charge is 2.23. The Balaban J connectivity index is 2.26. The molecular weight excluding hydrogens is 338 g/mol. The summed E-state index contributed by atoms with van der Waals surface area (Å²) in [5, 5.41) is 11.4. The van der Waals surface area contributed by atoms with Crippen LogP contribution < -0.4 is 9.62 Å². The van der Waals surface area contributed by atoms with E-state index in [1.807, 2.05) is 12.1 Å². The third kappa shape index (κ3) is 4.58. The summed E-state index contributed by atoms with van der Waals surface area (Å²) in [6.07, 6.45) is 1.08. The lowest BCUT2D eigenvalue weighted by molar-refractivity contribution is -0.114. The monoisotopic (exact) mass is 357 g/mol. The maximum absolute atomic E-state index is 12.3. The van der Waals surface area contributed by atoms with Crippen molar-refractivity contribution in [3.8, 4) is 6.07 Å². The third-order valence-electron chi connectivity index (χ3n) is 3.67. The lowest BCUT2D eigenvalue weighted by atomic mass is 10.1. The van der Waals surface area contributed by atoms with Gasteiger partial charge in [-0.1, -0.05) is 18.2 Å². The molecule has 1 N–H and O–H groups in total. The number of amides is 1. The molecule has 0 atom stereocenters. The summed E-state index contributed by atoms with van der Waals surface area (Å²) in [6.45, 7) is 3.28. The van der Waals surface area contributed by atoms with Gasteiger partial charge in [0.05, 0.1) is 23.6 Å². The van der Waals surface area contributed by atoms with Gasteiger partial charge in [0, 0.05) is 5.69 Å². The molecule has 0 spiro atoms. The summed E-state index contributed by atoms with van der Waals surface area (Å²) in [5.41, 5.74) is 3.04. The van der Waals surface area contributed by atoms with Crippen LogP contribution >= 0.6 is 0 Å². The molecule has 0 aliphatic carbocycles. The number of hydrogen-bond donors (Lipinski definition) is 1. The molecule has 0 aromatic heterocycles. The van der Waals surface area contributed by atoms with E-state index in [1.54, 1.807) is 50.2 Å². The van der Waals surface area contributed by atoms with Crippen molar-refractivity contribution in [1.29, 1.82) is 5.26 Å². The van der Waals surface area contributed by atoms with Crippen molar-refractivity contribution in [3.05, 3.63) is 59.2 Å². The maximum atomic E-state index is 12.3. The first-order chi connectivity index (χ1) is 11.7. The van der Waals surface area contributed by atoms with Crippen molar-refractivity contribution in [2.75, 3.05) is 22.4 Å². The van der Waals surface area contributed by atoms with Crippen LogP contribution in [-0.2, 0) is 14.8 Å². The van der Waals surface area contributed by atoms with Crippen LogP contribution in [0.25, 0.3) is 0 Å². The highest BCUT2D eigenvalue weighted by atomic mass is 32.2. The zero-order valence-corrected chi connectivity index (χ0v) is 15.1. The minimum Gasteiger partial charge on any atom is -0.325 e. The second kappa shape index (κ2) is 7.36. The second-order valence-corrected chi connectivity index (χ2v) is 7.65. The van der Waals surface area contributed by atoms with E-state index in [9.17, 15) is 13.2 Å². The molecule has 2 aromatic carbocycles. The first-order valence-corrected chi connectivity index (χ1v) is 9.41. The molecule has 0 aliphatic rings. The molecular formula is C18H19N3O3S. The summed E-state index contributed by atoms with van der Waals surface area (Å²) in [7, 11) is -3.63. The van der Waals surface area contributed by atoms with Gasteiger partial charge in [0.1, 0.15) is 6.54 Å². The Kier molecular flexibility index (Phi) is 5.45. The lowest BCUT2D eigenvalue weighted by Gasteiger charge is -2.25. The maximum Gasteiger partial charge on any atom is 0.245 e. The van der Waals surface area contributed by atoms with Crippen LogP contribution in [0.5, 0.6) is 0 Å². The number of rotatable bonds is 5. The van der Waals surface area contributed by atoms with Crippen LogP contribution in [0.3, 0.4) is 0 Å². The van der Waals surface area contributed by atoms with Gasteiger partial charge < -0.3 is 5.32 Å². The number of anilines is 2. The molecule has 6 nitrogen and oxygen atoms in total. The predicted octanol–water partition coefficient (Wildman–Crippen LogP) is 2.58. The Bertz CT molecular complexity index is 909. The van der Waals surface area contributed by atoms with E-state index in [1.165, 1.54) is 0 Å². The molecule has 0 fully saturated rings. The van der Waals surface area contributed by atoms with Crippen molar-refractivity contribution in [2.24, 2.45) is 0 Å². The van der Waals surface area contributed by atoms with Gasteiger partial charge in [-0.3, -0.25) is 9.10 Å². The molecule has 0 saturated heterocycles. The van der Waals surface area contributed by atoms with Gasteiger partial charge in [0.2, 0.25) is 15.9 Å². The van der Waals surface area contributed by atoms with Crippen molar-refractivity contribution in [2.45, 2.75) is 13.8 Å². The minimum atomic E-state index is -3.63. The molecule has 7 heteroatoms. The van der Waals surface area contributed by atoms with Crippen molar-refractivity contribution >= 4 is 27.3 Å². The van der Waals surface area contributed by atoms with Gasteiger partial charge in [-0.05, 0) is 49.2 Å². The molecule has 0 radical (unpaired) electrons. The van der Waals surface area contributed by atoms with Crippen LogP contribution in [0.1, 0.15) is 16.7 Å². The highest BCUT2D eigenvalue weighted by molar-refractivity contribution is 7.92. The Morgan fingerprint density at radius 3 is 2.16 bits per heavy atom. The van der Waals surface area contributed by atoms with Crippen molar-refractivity contribution in [3.63, 3.8) is 0 Å². The first kappa shape index (κ1) is 18.5. The summed E-state index contributed by atoms with van der Waals surface area (Å²) in [6, 6.07) is 13.8. The Labute approximate surface area is 147 Å².